The van der Waals surface area contributed by atoms with Gasteiger partial charge in [-0.15, -0.1) is 0 Å². The third-order valence-electron chi connectivity index (χ3n) is 3.13. The van der Waals surface area contributed by atoms with Crippen LogP contribution in [0, 0.1) is 0 Å². The number of hydrogen-bond acceptors (Lipinski definition) is 3. The van der Waals surface area contributed by atoms with Gasteiger partial charge in [-0.2, -0.15) is 0 Å². The Morgan fingerprint density at radius 2 is 2.17 bits per heavy atom. The summed E-state index contributed by atoms with van der Waals surface area (Å²) >= 11 is 0. The summed E-state index contributed by atoms with van der Waals surface area (Å²) in [7, 11) is 1.97. The highest BCUT2D eigenvalue weighted by Crippen LogP contribution is 2.21. The second-order valence-corrected chi connectivity index (χ2v) is 4.42. The minimum absolute atomic E-state index is 0.834. The first-order chi connectivity index (χ1) is 8.81. The Bertz CT molecular complexity index is 503. The molecule has 0 aromatic carbocycles. The fourth-order valence-corrected chi connectivity index (χ4v) is 2.30. The summed E-state index contributed by atoms with van der Waals surface area (Å²) in [5.41, 5.74) is 2.26. The van der Waals surface area contributed by atoms with Crippen LogP contribution in [0.5, 0.6) is 0 Å². The van der Waals surface area contributed by atoms with Crippen LogP contribution < -0.4 is 10.2 Å². The maximum atomic E-state index is 4.77. The number of hydrogen-bond donors (Lipinski definition) is 1. The first kappa shape index (κ1) is 12.9. The molecule has 0 bridgehead atoms. The van der Waals surface area contributed by atoms with Crippen molar-refractivity contribution in [3.05, 3.63) is 30.1 Å². The van der Waals surface area contributed by atoms with E-state index in [1.54, 1.807) is 0 Å². The predicted octanol–water partition coefficient (Wildman–Crippen LogP) is 2.29. The van der Waals surface area contributed by atoms with Crippen LogP contribution in [-0.2, 0) is 6.54 Å². The van der Waals surface area contributed by atoms with E-state index in [0.29, 0.717) is 0 Å². The monoisotopic (exact) mass is 246 g/mol. The van der Waals surface area contributed by atoms with Gasteiger partial charge in [0.1, 0.15) is 5.65 Å². The van der Waals surface area contributed by atoms with Gasteiger partial charge in [-0.25, -0.2) is 4.98 Å². The van der Waals surface area contributed by atoms with Crippen LogP contribution in [0.2, 0.25) is 0 Å². The number of nitrogens with one attached hydrogen (secondary N) is 1. The molecule has 4 nitrogen and oxygen atoms in total. The molecule has 4 heteroatoms. The summed E-state index contributed by atoms with van der Waals surface area (Å²) in [6, 6.07) is 6.14. The van der Waals surface area contributed by atoms with E-state index in [4.69, 9.17) is 4.98 Å². The average molecular weight is 246 g/mol. The minimum atomic E-state index is 0.834. The van der Waals surface area contributed by atoms with Gasteiger partial charge in [0.15, 0.2) is 5.82 Å². The molecule has 2 rings (SSSR count). The minimum Gasteiger partial charge on any atom is -0.355 e. The zero-order valence-corrected chi connectivity index (χ0v) is 11.5. The molecule has 0 aliphatic heterocycles. The number of imidazole rings is 1. The first-order valence-corrected chi connectivity index (χ1v) is 6.67. The van der Waals surface area contributed by atoms with Gasteiger partial charge in [0.25, 0.3) is 0 Å². The van der Waals surface area contributed by atoms with Crippen molar-refractivity contribution in [3.63, 3.8) is 0 Å². The molecule has 2 heterocycles. The number of aromatic nitrogens is 2. The lowest BCUT2D eigenvalue weighted by Gasteiger charge is -2.21. The summed E-state index contributed by atoms with van der Waals surface area (Å²) in [5, 5.41) is 3.24. The Balaban J connectivity index is 2.50. The van der Waals surface area contributed by atoms with E-state index in [-0.39, 0.29) is 0 Å². The molecule has 1 N–H and O–H groups in total. The van der Waals surface area contributed by atoms with E-state index in [9.17, 15) is 0 Å². The van der Waals surface area contributed by atoms with E-state index < -0.39 is 0 Å². The standard InChI is InChI=1S/C14H22N4/c1-4-9-17(5-2)14-12(11-15-3)18-10-7-6-8-13(18)16-14/h6-8,10,15H,4-5,9,11H2,1-3H3. The third kappa shape index (κ3) is 2.34. The van der Waals surface area contributed by atoms with E-state index in [1.807, 2.05) is 19.2 Å². The molecule has 0 aliphatic rings. The van der Waals surface area contributed by atoms with Gasteiger partial charge in [0.05, 0.1) is 5.69 Å². The van der Waals surface area contributed by atoms with Crippen LogP contribution in [0.3, 0.4) is 0 Å². The zero-order valence-electron chi connectivity index (χ0n) is 11.5. The summed E-state index contributed by atoms with van der Waals surface area (Å²) in [6.07, 6.45) is 3.22. The Morgan fingerprint density at radius 1 is 1.33 bits per heavy atom. The second-order valence-electron chi connectivity index (χ2n) is 4.42. The number of anilines is 1. The van der Waals surface area contributed by atoms with E-state index in [2.05, 4.69) is 40.7 Å². The highest BCUT2D eigenvalue weighted by molar-refractivity contribution is 5.55. The Morgan fingerprint density at radius 3 is 2.83 bits per heavy atom. The highest BCUT2D eigenvalue weighted by atomic mass is 15.2. The quantitative estimate of drug-likeness (QED) is 0.849. The largest absolute Gasteiger partial charge is 0.355 e. The molecule has 0 atom stereocenters. The van der Waals surface area contributed by atoms with Crippen molar-refractivity contribution in [1.82, 2.24) is 14.7 Å². The smallest absolute Gasteiger partial charge is 0.152 e. The van der Waals surface area contributed by atoms with E-state index in [0.717, 1.165) is 37.5 Å². The zero-order chi connectivity index (χ0) is 13.0. The second kappa shape index (κ2) is 5.87. The Labute approximate surface area is 109 Å². The van der Waals surface area contributed by atoms with Crippen molar-refractivity contribution in [1.29, 1.82) is 0 Å². The number of pyridine rings is 1. The van der Waals surface area contributed by atoms with Crippen molar-refractivity contribution in [2.75, 3.05) is 25.0 Å². The van der Waals surface area contributed by atoms with Crippen LogP contribution in [-0.4, -0.2) is 29.5 Å². The van der Waals surface area contributed by atoms with Crippen molar-refractivity contribution < 1.29 is 0 Å². The summed E-state index contributed by atoms with van der Waals surface area (Å²) in [6.45, 7) is 7.27. The maximum absolute atomic E-state index is 4.77. The molecule has 0 saturated carbocycles. The Kier molecular flexibility index (Phi) is 4.20. The van der Waals surface area contributed by atoms with Gasteiger partial charge in [-0.1, -0.05) is 13.0 Å². The Hall–Kier alpha value is -1.55. The highest BCUT2D eigenvalue weighted by Gasteiger charge is 2.15. The molecule has 0 unspecified atom stereocenters. The summed E-state index contributed by atoms with van der Waals surface area (Å²) in [5.74, 6) is 1.11. The van der Waals surface area contributed by atoms with Crippen LogP contribution >= 0.6 is 0 Å². The molecule has 0 fully saturated rings. The van der Waals surface area contributed by atoms with Gasteiger partial charge in [0, 0.05) is 25.8 Å². The molecule has 2 aromatic heterocycles. The van der Waals surface area contributed by atoms with Crippen molar-refractivity contribution in [3.8, 4) is 0 Å². The molecule has 0 aliphatic carbocycles. The van der Waals surface area contributed by atoms with E-state index >= 15 is 0 Å². The molecular formula is C14H22N4. The average Bonchev–Trinajstić information content (AvgIpc) is 2.76. The van der Waals surface area contributed by atoms with Gasteiger partial charge in [-0.05, 0) is 32.5 Å². The van der Waals surface area contributed by atoms with Gasteiger partial charge in [0.2, 0.25) is 0 Å². The molecule has 2 aromatic rings. The number of nitrogens with zero attached hydrogens (tertiary/aromatic N) is 3. The molecule has 0 spiro atoms. The third-order valence-corrected chi connectivity index (χ3v) is 3.13. The SMILES string of the molecule is CCCN(CC)c1nc2ccccn2c1CNC. The van der Waals surface area contributed by atoms with Crippen molar-refractivity contribution in [2.45, 2.75) is 26.8 Å². The van der Waals surface area contributed by atoms with Gasteiger partial charge < -0.3 is 14.6 Å². The number of rotatable bonds is 6. The van der Waals surface area contributed by atoms with E-state index in [1.165, 1.54) is 5.69 Å². The molecule has 0 radical (unpaired) electrons. The maximum Gasteiger partial charge on any atom is 0.152 e. The summed E-state index contributed by atoms with van der Waals surface area (Å²) in [4.78, 5) is 7.12. The van der Waals surface area contributed by atoms with Crippen LogP contribution in [0.4, 0.5) is 5.82 Å². The topological polar surface area (TPSA) is 32.6 Å². The van der Waals surface area contributed by atoms with Crippen LogP contribution in [0.1, 0.15) is 26.0 Å². The van der Waals surface area contributed by atoms with Gasteiger partial charge in [-0.3, -0.25) is 0 Å². The summed E-state index contributed by atoms with van der Waals surface area (Å²) < 4.78 is 2.17. The molecule has 98 valence electrons. The van der Waals surface area contributed by atoms with Crippen molar-refractivity contribution in [2.24, 2.45) is 0 Å². The fourth-order valence-electron chi connectivity index (χ4n) is 2.30. The van der Waals surface area contributed by atoms with Gasteiger partial charge >= 0.3 is 0 Å². The molecule has 0 amide bonds. The lowest BCUT2D eigenvalue weighted by atomic mass is 10.3. The lowest BCUT2D eigenvalue weighted by Crippen LogP contribution is -2.25. The predicted molar refractivity (Wildman–Crippen MR) is 76.1 cm³/mol. The molecule has 0 saturated heterocycles. The van der Waals surface area contributed by atoms with Crippen molar-refractivity contribution >= 4 is 11.5 Å². The normalized spacial score (nSPS) is 11.1. The van der Waals surface area contributed by atoms with Crippen LogP contribution in [0.15, 0.2) is 24.4 Å². The van der Waals surface area contributed by atoms with Crippen LogP contribution in [0.25, 0.3) is 5.65 Å². The lowest BCUT2D eigenvalue weighted by molar-refractivity contribution is 0.745. The fraction of sp³-hybridized carbons (Fsp3) is 0.500. The number of fused-ring (bicyclic) bond motifs is 1. The first-order valence-electron chi connectivity index (χ1n) is 6.67. The molecule has 18 heavy (non-hydrogen) atoms. The molecular weight excluding hydrogens is 224 g/mol.